The van der Waals surface area contributed by atoms with E-state index < -0.39 is 0 Å². The van der Waals surface area contributed by atoms with Crippen LogP contribution in [0.4, 0.5) is 0 Å². The second-order valence-electron chi connectivity index (χ2n) is 5.05. The Morgan fingerprint density at radius 1 is 1.14 bits per heavy atom. The predicted octanol–water partition coefficient (Wildman–Crippen LogP) is 4.46. The molecule has 0 fully saturated rings. The van der Waals surface area contributed by atoms with Crippen molar-refractivity contribution in [2.45, 2.75) is 40.5 Å². The standard InChI is InChI=1S/C18H21N.C2H6/c1-5-18-15(10-11-19-18)12-14(4)17-9-7-6-8-16(17)13(2)3;1-2/h5-13,19H,4H2,1-3H3;1-2H3/b15-12-,18-5+;. The zero-order valence-electron chi connectivity index (χ0n) is 13.9. The van der Waals surface area contributed by atoms with Gasteiger partial charge in [0.1, 0.15) is 0 Å². The molecular weight excluding hydrogens is 254 g/mol. The SMILES string of the molecule is C=C(/C=c1/cc[nH]/c1=C/C)c1ccccc1C(C)C.CC. The minimum Gasteiger partial charge on any atom is -0.361 e. The van der Waals surface area contributed by atoms with E-state index in [4.69, 9.17) is 0 Å². The number of hydrogen-bond acceptors (Lipinski definition) is 0. The molecule has 1 aromatic carbocycles. The number of rotatable bonds is 3. The van der Waals surface area contributed by atoms with Gasteiger partial charge in [-0.25, -0.2) is 0 Å². The maximum Gasteiger partial charge on any atom is 0.0410 e. The normalized spacial score (nSPS) is 12.3. The van der Waals surface area contributed by atoms with E-state index in [0.29, 0.717) is 5.92 Å². The Bertz CT molecular complexity index is 687. The third kappa shape index (κ3) is 4.22. The molecule has 0 aliphatic rings. The second-order valence-corrected chi connectivity index (χ2v) is 5.05. The lowest BCUT2D eigenvalue weighted by Gasteiger charge is -2.12. The van der Waals surface area contributed by atoms with E-state index in [9.17, 15) is 0 Å². The van der Waals surface area contributed by atoms with Gasteiger partial charge in [-0.1, -0.05) is 64.6 Å². The summed E-state index contributed by atoms with van der Waals surface area (Å²) in [5.74, 6) is 0.504. The summed E-state index contributed by atoms with van der Waals surface area (Å²) in [6, 6.07) is 10.6. The third-order valence-corrected chi connectivity index (χ3v) is 3.36. The molecular formula is C20H27N. The molecule has 2 rings (SSSR count). The molecule has 0 bridgehead atoms. The molecule has 1 heterocycles. The summed E-state index contributed by atoms with van der Waals surface area (Å²) in [4.78, 5) is 3.22. The van der Waals surface area contributed by atoms with Crippen molar-refractivity contribution >= 4 is 17.7 Å². The van der Waals surface area contributed by atoms with Crippen molar-refractivity contribution in [1.82, 2.24) is 4.98 Å². The van der Waals surface area contributed by atoms with Crippen LogP contribution in [0.25, 0.3) is 17.7 Å². The van der Waals surface area contributed by atoms with Gasteiger partial charge < -0.3 is 4.98 Å². The minimum atomic E-state index is 0.504. The van der Waals surface area contributed by atoms with Crippen LogP contribution < -0.4 is 10.6 Å². The fourth-order valence-corrected chi connectivity index (χ4v) is 2.33. The van der Waals surface area contributed by atoms with E-state index in [-0.39, 0.29) is 0 Å². The zero-order chi connectivity index (χ0) is 15.8. The smallest absolute Gasteiger partial charge is 0.0410 e. The minimum absolute atomic E-state index is 0.504. The van der Waals surface area contributed by atoms with Gasteiger partial charge in [0.25, 0.3) is 0 Å². The first-order chi connectivity index (χ1) is 10.1. The molecule has 0 spiro atoms. The highest BCUT2D eigenvalue weighted by Crippen LogP contribution is 2.25. The summed E-state index contributed by atoms with van der Waals surface area (Å²) in [5.41, 5.74) is 3.65. The highest BCUT2D eigenvalue weighted by Gasteiger charge is 2.06. The summed E-state index contributed by atoms with van der Waals surface area (Å²) >= 11 is 0. The van der Waals surface area contributed by atoms with Crippen molar-refractivity contribution in [3.8, 4) is 0 Å². The lowest BCUT2D eigenvalue weighted by molar-refractivity contribution is 0.863. The lowest BCUT2D eigenvalue weighted by Crippen LogP contribution is -2.21. The molecule has 0 aliphatic carbocycles. The highest BCUT2D eigenvalue weighted by atomic mass is 14.6. The largest absolute Gasteiger partial charge is 0.361 e. The van der Waals surface area contributed by atoms with Crippen molar-refractivity contribution < 1.29 is 0 Å². The summed E-state index contributed by atoms with van der Waals surface area (Å²) in [7, 11) is 0. The van der Waals surface area contributed by atoms with E-state index in [0.717, 1.165) is 10.9 Å². The fraction of sp³-hybridized carbons (Fsp3) is 0.300. The average Bonchev–Trinajstić information content (AvgIpc) is 2.96. The number of aromatic amines is 1. The van der Waals surface area contributed by atoms with Crippen LogP contribution in [0, 0.1) is 0 Å². The average molecular weight is 281 g/mol. The van der Waals surface area contributed by atoms with Crippen LogP contribution in [0.1, 0.15) is 51.7 Å². The van der Waals surface area contributed by atoms with Crippen LogP contribution in [-0.4, -0.2) is 4.98 Å². The molecule has 2 aromatic rings. The Morgan fingerprint density at radius 2 is 1.81 bits per heavy atom. The van der Waals surface area contributed by atoms with Crippen LogP contribution in [0.15, 0.2) is 43.1 Å². The van der Waals surface area contributed by atoms with E-state index in [2.05, 4.69) is 67.9 Å². The van der Waals surface area contributed by atoms with Gasteiger partial charge in [-0.2, -0.15) is 0 Å². The number of H-pyrrole nitrogens is 1. The molecule has 0 saturated carbocycles. The summed E-state index contributed by atoms with van der Waals surface area (Å²) in [5, 5.41) is 2.33. The van der Waals surface area contributed by atoms with Gasteiger partial charge in [-0.3, -0.25) is 0 Å². The van der Waals surface area contributed by atoms with Crippen molar-refractivity contribution in [2.24, 2.45) is 0 Å². The van der Waals surface area contributed by atoms with Gasteiger partial charge in [0, 0.05) is 11.5 Å². The number of benzene rings is 1. The molecule has 112 valence electrons. The highest BCUT2D eigenvalue weighted by molar-refractivity contribution is 5.88. The Balaban J connectivity index is 0.00000106. The van der Waals surface area contributed by atoms with Crippen LogP contribution in [0.3, 0.4) is 0 Å². The summed E-state index contributed by atoms with van der Waals surface area (Å²) in [6.45, 7) is 14.7. The van der Waals surface area contributed by atoms with E-state index >= 15 is 0 Å². The molecule has 0 radical (unpaired) electrons. The van der Waals surface area contributed by atoms with Gasteiger partial charge in [0.05, 0.1) is 0 Å². The molecule has 0 saturated heterocycles. The van der Waals surface area contributed by atoms with Crippen molar-refractivity contribution in [1.29, 1.82) is 0 Å². The first-order valence-corrected chi connectivity index (χ1v) is 7.73. The molecule has 0 amide bonds. The first-order valence-electron chi connectivity index (χ1n) is 7.73. The molecule has 1 N–H and O–H groups in total. The molecule has 0 unspecified atom stereocenters. The monoisotopic (exact) mass is 281 g/mol. The first kappa shape index (κ1) is 17.0. The number of aromatic nitrogens is 1. The van der Waals surface area contributed by atoms with Gasteiger partial charge in [-0.05, 0) is 46.9 Å². The zero-order valence-corrected chi connectivity index (χ0v) is 13.9. The van der Waals surface area contributed by atoms with Crippen molar-refractivity contribution in [3.05, 3.63) is 64.8 Å². The molecule has 1 aromatic heterocycles. The molecule has 0 aliphatic heterocycles. The van der Waals surface area contributed by atoms with Gasteiger partial charge in [0.15, 0.2) is 0 Å². The predicted molar refractivity (Wildman–Crippen MR) is 95.6 cm³/mol. The Labute approximate surface area is 128 Å². The molecule has 1 heteroatoms. The summed E-state index contributed by atoms with van der Waals surface area (Å²) in [6.07, 6.45) is 6.18. The number of allylic oxidation sites excluding steroid dienone is 1. The Kier molecular flexibility index (Phi) is 6.74. The Hall–Kier alpha value is -2.02. The number of nitrogens with one attached hydrogen (secondary N) is 1. The lowest BCUT2D eigenvalue weighted by atomic mass is 9.93. The molecule has 21 heavy (non-hydrogen) atoms. The van der Waals surface area contributed by atoms with Crippen LogP contribution >= 0.6 is 0 Å². The fourth-order valence-electron chi connectivity index (χ4n) is 2.33. The third-order valence-electron chi connectivity index (χ3n) is 3.36. The summed E-state index contributed by atoms with van der Waals surface area (Å²) < 4.78 is 0. The Morgan fingerprint density at radius 3 is 2.43 bits per heavy atom. The van der Waals surface area contributed by atoms with Crippen LogP contribution in [-0.2, 0) is 0 Å². The molecule has 1 nitrogen and oxygen atoms in total. The van der Waals surface area contributed by atoms with Crippen molar-refractivity contribution in [3.63, 3.8) is 0 Å². The van der Waals surface area contributed by atoms with Gasteiger partial charge >= 0.3 is 0 Å². The molecule has 0 atom stereocenters. The van der Waals surface area contributed by atoms with Crippen LogP contribution in [0.5, 0.6) is 0 Å². The topological polar surface area (TPSA) is 15.8 Å². The van der Waals surface area contributed by atoms with Crippen molar-refractivity contribution in [2.75, 3.05) is 0 Å². The van der Waals surface area contributed by atoms with Crippen LogP contribution in [0.2, 0.25) is 0 Å². The van der Waals surface area contributed by atoms with Gasteiger partial charge in [-0.15, -0.1) is 0 Å². The van der Waals surface area contributed by atoms with E-state index in [1.165, 1.54) is 16.3 Å². The maximum absolute atomic E-state index is 4.23. The van der Waals surface area contributed by atoms with E-state index in [1.54, 1.807) is 0 Å². The quantitative estimate of drug-likeness (QED) is 0.855. The van der Waals surface area contributed by atoms with E-state index in [1.807, 2.05) is 27.0 Å². The second kappa shape index (κ2) is 8.31. The number of hydrogen-bond donors (Lipinski definition) is 1. The van der Waals surface area contributed by atoms with Gasteiger partial charge in [0.2, 0.25) is 0 Å². The maximum atomic E-state index is 4.23.